The van der Waals surface area contributed by atoms with Gasteiger partial charge in [0.1, 0.15) is 18.5 Å². The Kier molecular flexibility index (Phi) is 9.26. The van der Waals surface area contributed by atoms with Gasteiger partial charge in [-0.25, -0.2) is 13.4 Å². The third kappa shape index (κ3) is 7.10. The molecule has 34 heavy (non-hydrogen) atoms. The van der Waals surface area contributed by atoms with E-state index in [1.165, 1.54) is 16.2 Å². The molecule has 0 aromatic heterocycles. The number of methoxy groups -OCH3 is 1. The molecule has 0 amide bonds. The fourth-order valence-electron chi connectivity index (χ4n) is 3.33. The molecule has 0 radical (unpaired) electrons. The minimum absolute atomic E-state index is 0.00608. The van der Waals surface area contributed by atoms with Gasteiger partial charge in [0.15, 0.2) is 0 Å². The Morgan fingerprint density at radius 2 is 2.06 bits per heavy atom. The smallest absolute Gasteiger partial charge is 0.254 e. The SMILES string of the molecule is COCCc1ccc(OCC(O)CN(C)N2Cc3cc(Cl)c(NS(=O)[O-])cc3S(=O)(=O)N2)cc1. The predicted molar refractivity (Wildman–Crippen MR) is 126 cm³/mol. The van der Waals surface area contributed by atoms with Crippen molar-refractivity contribution < 1.29 is 31.8 Å². The molecule has 14 heteroatoms. The van der Waals surface area contributed by atoms with Gasteiger partial charge in [0.2, 0.25) is 0 Å². The number of aliphatic hydroxyl groups excluding tert-OH is 1. The summed E-state index contributed by atoms with van der Waals surface area (Å²) in [5.41, 5.74) is 1.44. The number of halogens is 1. The highest BCUT2D eigenvalue weighted by molar-refractivity contribution is 7.89. The molecule has 2 unspecified atom stereocenters. The molecule has 2 aromatic rings. The summed E-state index contributed by atoms with van der Waals surface area (Å²) in [4.78, 5) is 2.30. The van der Waals surface area contributed by atoms with E-state index in [9.17, 15) is 22.3 Å². The molecule has 2 atom stereocenters. The fourth-order valence-corrected chi connectivity index (χ4v) is 5.29. The average Bonchev–Trinajstić information content (AvgIpc) is 2.77. The van der Waals surface area contributed by atoms with E-state index in [2.05, 4.69) is 9.55 Å². The first-order valence-electron chi connectivity index (χ1n) is 10.2. The molecular weight excluding hydrogens is 508 g/mol. The van der Waals surface area contributed by atoms with Gasteiger partial charge in [0.25, 0.3) is 10.0 Å². The van der Waals surface area contributed by atoms with E-state index in [0.717, 1.165) is 18.1 Å². The van der Waals surface area contributed by atoms with E-state index in [1.54, 1.807) is 14.2 Å². The molecule has 0 bridgehead atoms. The van der Waals surface area contributed by atoms with Gasteiger partial charge >= 0.3 is 0 Å². The highest BCUT2D eigenvalue weighted by Crippen LogP contribution is 2.32. The van der Waals surface area contributed by atoms with Crippen LogP contribution in [0.5, 0.6) is 5.75 Å². The number of rotatable bonds is 11. The van der Waals surface area contributed by atoms with E-state index in [4.69, 9.17) is 21.1 Å². The zero-order valence-corrected chi connectivity index (χ0v) is 21.0. The van der Waals surface area contributed by atoms with Crippen LogP contribution in [0.2, 0.25) is 5.02 Å². The lowest BCUT2D eigenvalue weighted by atomic mass is 10.1. The van der Waals surface area contributed by atoms with Gasteiger partial charge in [-0.15, -0.1) is 4.83 Å². The lowest BCUT2D eigenvalue weighted by Crippen LogP contribution is -2.55. The summed E-state index contributed by atoms with van der Waals surface area (Å²) in [6.45, 7) is 0.821. The summed E-state index contributed by atoms with van der Waals surface area (Å²) in [6.07, 6.45) is -0.119. The number of sulfonamides is 1. The summed E-state index contributed by atoms with van der Waals surface area (Å²) in [5.74, 6) is 0.605. The van der Waals surface area contributed by atoms with Crippen LogP contribution in [0.1, 0.15) is 11.1 Å². The fraction of sp³-hybridized carbons (Fsp3) is 0.400. The molecule has 1 aliphatic rings. The molecule has 0 spiro atoms. The Bertz CT molecular complexity index is 1120. The van der Waals surface area contributed by atoms with E-state index in [1.807, 2.05) is 24.3 Å². The van der Waals surface area contributed by atoms with Crippen LogP contribution in [-0.4, -0.2) is 72.4 Å². The first kappa shape index (κ1) is 26.8. The zero-order valence-electron chi connectivity index (χ0n) is 18.6. The minimum atomic E-state index is -4.00. The maximum atomic E-state index is 12.7. The van der Waals surface area contributed by atoms with Gasteiger partial charge in [-0.2, -0.15) is 5.12 Å². The molecule has 3 rings (SSSR count). The third-order valence-electron chi connectivity index (χ3n) is 5.03. The number of anilines is 1. The first-order valence-corrected chi connectivity index (χ1v) is 13.1. The van der Waals surface area contributed by atoms with Gasteiger partial charge in [-0.3, -0.25) is 4.21 Å². The number of likely N-dealkylation sites (N-methyl/N-ethyl adjacent to an activating group) is 1. The normalized spacial score (nSPS) is 17.2. The van der Waals surface area contributed by atoms with Crippen LogP contribution in [0.4, 0.5) is 5.69 Å². The quantitative estimate of drug-likeness (QED) is 0.361. The third-order valence-corrected chi connectivity index (χ3v) is 7.14. The first-order chi connectivity index (χ1) is 16.1. The number of benzene rings is 2. The molecule has 11 nitrogen and oxygen atoms in total. The van der Waals surface area contributed by atoms with Crippen molar-refractivity contribution in [1.29, 1.82) is 0 Å². The maximum Gasteiger partial charge on any atom is 0.254 e. The number of nitrogens with one attached hydrogen (secondary N) is 2. The van der Waals surface area contributed by atoms with Crippen LogP contribution in [0.3, 0.4) is 0 Å². The molecule has 1 heterocycles. The zero-order chi connectivity index (χ0) is 24.9. The van der Waals surface area contributed by atoms with Crippen molar-refractivity contribution in [2.24, 2.45) is 0 Å². The molecule has 1 aliphatic heterocycles. The number of hydrogen-bond acceptors (Lipinski definition) is 9. The Morgan fingerprint density at radius 1 is 1.35 bits per heavy atom. The molecule has 0 aliphatic carbocycles. The van der Waals surface area contributed by atoms with Gasteiger partial charge in [-0.1, -0.05) is 23.7 Å². The lowest BCUT2D eigenvalue weighted by Gasteiger charge is -2.36. The molecule has 3 N–H and O–H groups in total. The second-order valence-electron chi connectivity index (χ2n) is 7.62. The van der Waals surface area contributed by atoms with Crippen molar-refractivity contribution in [3.8, 4) is 5.75 Å². The summed E-state index contributed by atoms with van der Waals surface area (Å²) in [5, 5.41) is 13.3. The summed E-state index contributed by atoms with van der Waals surface area (Å²) in [7, 11) is -0.744. The van der Waals surface area contributed by atoms with Gasteiger partial charge in [-0.05, 0) is 41.8 Å². The van der Waals surface area contributed by atoms with Crippen LogP contribution in [0.15, 0.2) is 41.3 Å². The van der Waals surface area contributed by atoms with Crippen molar-refractivity contribution in [2.75, 3.05) is 38.6 Å². The van der Waals surface area contributed by atoms with E-state index in [-0.39, 0.29) is 35.3 Å². The van der Waals surface area contributed by atoms with Gasteiger partial charge in [0, 0.05) is 32.0 Å². The summed E-state index contributed by atoms with van der Waals surface area (Å²) in [6, 6.07) is 10.0. The van der Waals surface area contributed by atoms with E-state index < -0.39 is 27.4 Å². The van der Waals surface area contributed by atoms with Crippen LogP contribution in [0, 0.1) is 0 Å². The highest BCUT2D eigenvalue weighted by atomic mass is 35.5. The largest absolute Gasteiger partial charge is 0.755 e. The summed E-state index contributed by atoms with van der Waals surface area (Å²) >= 11 is 3.44. The number of ether oxygens (including phenoxy) is 2. The van der Waals surface area contributed by atoms with Crippen molar-refractivity contribution >= 4 is 38.6 Å². The monoisotopic (exact) mass is 533 g/mol. The van der Waals surface area contributed by atoms with Crippen molar-refractivity contribution in [3.63, 3.8) is 0 Å². The Hall–Kier alpha value is -1.81. The summed E-state index contributed by atoms with van der Waals surface area (Å²) < 4.78 is 60.0. The lowest BCUT2D eigenvalue weighted by molar-refractivity contribution is -0.0669. The number of fused-ring (bicyclic) bond motifs is 1. The second kappa shape index (κ2) is 11.7. The molecular formula is C20H26ClN4O7S2-. The van der Waals surface area contributed by atoms with Crippen LogP contribution in [0.25, 0.3) is 0 Å². The van der Waals surface area contributed by atoms with Crippen LogP contribution in [-0.2, 0) is 39.0 Å². The van der Waals surface area contributed by atoms with Crippen molar-refractivity contribution in [2.45, 2.75) is 24.0 Å². The van der Waals surface area contributed by atoms with Crippen molar-refractivity contribution in [1.82, 2.24) is 15.0 Å². The van der Waals surface area contributed by atoms with E-state index >= 15 is 0 Å². The number of nitrogens with zero attached hydrogens (tertiary/aromatic N) is 2. The van der Waals surface area contributed by atoms with Gasteiger partial charge in [0.05, 0.1) is 28.8 Å². The predicted octanol–water partition coefficient (Wildman–Crippen LogP) is 1.03. The topological polar surface area (TPSA) is 144 Å². The standard InChI is InChI=1S/C20H27ClN4O7S2/c1-24(12-16(26)13-32-17-5-3-14(4-6-17)7-8-31-2)25-11-15-9-18(21)19(22-33(27)28)10-20(15)34(29,30)23-25/h3-6,9-10,16,22-23,26H,7-8,11-13H2,1-2H3,(H,27,28)/p-1. The molecule has 0 saturated heterocycles. The van der Waals surface area contributed by atoms with Crippen LogP contribution >= 0.6 is 11.6 Å². The van der Waals surface area contributed by atoms with E-state index in [0.29, 0.717) is 17.9 Å². The van der Waals surface area contributed by atoms with Gasteiger partial charge < -0.3 is 23.9 Å². The Labute approximate surface area is 206 Å². The molecule has 0 fully saturated rings. The number of aliphatic hydroxyl groups is 1. The average molecular weight is 534 g/mol. The Morgan fingerprint density at radius 3 is 2.71 bits per heavy atom. The second-order valence-corrected chi connectivity index (χ2v) is 10.3. The molecule has 2 aromatic carbocycles. The highest BCUT2D eigenvalue weighted by Gasteiger charge is 2.32. The number of hydrogen-bond donors (Lipinski definition) is 3. The minimum Gasteiger partial charge on any atom is -0.755 e. The maximum absolute atomic E-state index is 12.7. The molecule has 188 valence electrons. The van der Waals surface area contributed by atoms with Crippen molar-refractivity contribution in [3.05, 3.63) is 52.5 Å². The Balaban J connectivity index is 1.59. The number of hydrazine groups is 2. The molecule has 0 saturated carbocycles. The van der Waals surface area contributed by atoms with Crippen LogP contribution < -0.4 is 14.3 Å².